The molecule has 1 saturated heterocycles. The molecule has 1 aromatic heterocycles. The summed E-state index contributed by atoms with van der Waals surface area (Å²) in [6.45, 7) is 6.42. The fraction of sp³-hybridized carbons (Fsp3) is 0.471. The number of nitrogens with zero attached hydrogens (tertiary/aromatic N) is 4. The topological polar surface area (TPSA) is 93.7 Å². The van der Waals surface area contributed by atoms with E-state index in [1.54, 1.807) is 6.20 Å². The van der Waals surface area contributed by atoms with Gasteiger partial charge in [0.1, 0.15) is 13.2 Å². The monoisotopic (exact) mass is 358 g/mol. The van der Waals surface area contributed by atoms with E-state index in [0.29, 0.717) is 30.7 Å². The molecule has 138 valence electrons. The maximum Gasteiger partial charge on any atom is 0.249 e. The van der Waals surface area contributed by atoms with Gasteiger partial charge in [0, 0.05) is 37.9 Å². The molecule has 3 heterocycles. The molecule has 0 amide bonds. The molecular weight excluding hydrogens is 336 g/mol. The molecule has 0 unspecified atom stereocenters. The van der Waals surface area contributed by atoms with Crippen LogP contribution in [0.2, 0.25) is 0 Å². The standard InChI is InChI=1S/C17H22N6O3/c1-2-14-15(26-10-9-25-14)11-13(1)20-17-21-16(12-19-22-17)18-3-4-23-5-7-24-8-6-23/h1-2,11-12H,3-10H2,(H2,18,20,21,22). The van der Waals surface area contributed by atoms with Crippen LogP contribution >= 0.6 is 0 Å². The van der Waals surface area contributed by atoms with Gasteiger partial charge >= 0.3 is 0 Å². The highest BCUT2D eigenvalue weighted by atomic mass is 16.6. The van der Waals surface area contributed by atoms with E-state index < -0.39 is 0 Å². The van der Waals surface area contributed by atoms with Crippen LogP contribution in [0.1, 0.15) is 0 Å². The lowest BCUT2D eigenvalue weighted by Crippen LogP contribution is -2.39. The van der Waals surface area contributed by atoms with Gasteiger partial charge in [-0.25, -0.2) is 0 Å². The fourth-order valence-electron chi connectivity index (χ4n) is 2.86. The second kappa shape index (κ2) is 8.15. The molecule has 2 aliphatic rings. The van der Waals surface area contributed by atoms with Gasteiger partial charge in [0.2, 0.25) is 5.95 Å². The second-order valence-electron chi connectivity index (χ2n) is 6.03. The highest BCUT2D eigenvalue weighted by Gasteiger charge is 2.13. The zero-order valence-corrected chi connectivity index (χ0v) is 14.5. The summed E-state index contributed by atoms with van der Waals surface area (Å²) in [5.74, 6) is 2.58. The number of hydrogen-bond donors (Lipinski definition) is 2. The lowest BCUT2D eigenvalue weighted by atomic mass is 10.2. The second-order valence-corrected chi connectivity index (χ2v) is 6.03. The molecule has 0 aliphatic carbocycles. The molecule has 1 fully saturated rings. The van der Waals surface area contributed by atoms with Gasteiger partial charge in [0.25, 0.3) is 0 Å². The van der Waals surface area contributed by atoms with Gasteiger partial charge in [-0.15, -0.1) is 5.10 Å². The molecule has 2 aliphatic heterocycles. The first-order valence-corrected chi connectivity index (χ1v) is 8.77. The maximum atomic E-state index is 5.59. The molecule has 0 radical (unpaired) electrons. The minimum Gasteiger partial charge on any atom is -0.486 e. The molecule has 2 aromatic rings. The van der Waals surface area contributed by atoms with Gasteiger partial charge < -0.3 is 24.8 Å². The summed E-state index contributed by atoms with van der Waals surface area (Å²) in [6, 6.07) is 5.64. The summed E-state index contributed by atoms with van der Waals surface area (Å²) in [5.41, 5.74) is 0.821. The van der Waals surface area contributed by atoms with Gasteiger partial charge in [-0.05, 0) is 12.1 Å². The average Bonchev–Trinajstić information content (AvgIpc) is 2.69. The van der Waals surface area contributed by atoms with Crippen molar-refractivity contribution in [3.63, 3.8) is 0 Å². The number of fused-ring (bicyclic) bond motifs is 1. The normalized spacial score (nSPS) is 16.9. The van der Waals surface area contributed by atoms with E-state index in [1.807, 2.05) is 18.2 Å². The Balaban J connectivity index is 1.33. The molecule has 4 rings (SSSR count). The van der Waals surface area contributed by atoms with Crippen LogP contribution in [0.15, 0.2) is 24.4 Å². The summed E-state index contributed by atoms with van der Waals surface area (Å²) in [6.07, 6.45) is 1.62. The van der Waals surface area contributed by atoms with E-state index in [1.165, 1.54) is 0 Å². The zero-order valence-electron chi connectivity index (χ0n) is 14.5. The molecule has 9 nitrogen and oxygen atoms in total. The van der Waals surface area contributed by atoms with Crippen molar-refractivity contribution in [3.05, 3.63) is 24.4 Å². The van der Waals surface area contributed by atoms with Crippen molar-refractivity contribution in [1.82, 2.24) is 20.1 Å². The number of hydrogen-bond acceptors (Lipinski definition) is 9. The molecule has 9 heteroatoms. The van der Waals surface area contributed by atoms with Gasteiger partial charge in [-0.1, -0.05) is 0 Å². The highest BCUT2D eigenvalue weighted by Crippen LogP contribution is 2.33. The highest BCUT2D eigenvalue weighted by molar-refractivity contribution is 5.60. The first-order valence-electron chi connectivity index (χ1n) is 8.77. The summed E-state index contributed by atoms with van der Waals surface area (Å²) in [5, 5.41) is 14.5. The minimum atomic E-state index is 0.429. The Morgan fingerprint density at radius 2 is 1.88 bits per heavy atom. The van der Waals surface area contributed by atoms with Crippen LogP contribution in [0.3, 0.4) is 0 Å². The number of aromatic nitrogens is 3. The third-order valence-corrected chi connectivity index (χ3v) is 4.20. The summed E-state index contributed by atoms with van der Waals surface area (Å²) >= 11 is 0. The van der Waals surface area contributed by atoms with Crippen molar-refractivity contribution < 1.29 is 14.2 Å². The first-order chi connectivity index (χ1) is 12.9. The molecule has 0 saturated carbocycles. The van der Waals surface area contributed by atoms with E-state index in [4.69, 9.17) is 14.2 Å². The Morgan fingerprint density at radius 1 is 1.04 bits per heavy atom. The molecule has 0 bridgehead atoms. The Labute approximate surface area is 151 Å². The molecule has 26 heavy (non-hydrogen) atoms. The number of rotatable bonds is 6. The summed E-state index contributed by atoms with van der Waals surface area (Å²) in [4.78, 5) is 6.81. The van der Waals surface area contributed by atoms with Crippen LogP contribution in [-0.2, 0) is 4.74 Å². The fourth-order valence-corrected chi connectivity index (χ4v) is 2.86. The third kappa shape index (κ3) is 4.30. The Hall–Kier alpha value is -2.65. The van der Waals surface area contributed by atoms with Crippen molar-refractivity contribution in [2.75, 3.05) is 63.2 Å². The number of morpholine rings is 1. The van der Waals surface area contributed by atoms with Crippen molar-refractivity contribution in [1.29, 1.82) is 0 Å². The van der Waals surface area contributed by atoms with Gasteiger partial charge in [0.15, 0.2) is 17.3 Å². The number of nitrogens with one attached hydrogen (secondary N) is 2. The molecule has 0 atom stereocenters. The average molecular weight is 358 g/mol. The first kappa shape index (κ1) is 16.8. The smallest absolute Gasteiger partial charge is 0.249 e. The van der Waals surface area contributed by atoms with E-state index in [2.05, 4.69) is 30.7 Å². The minimum absolute atomic E-state index is 0.429. The third-order valence-electron chi connectivity index (χ3n) is 4.20. The van der Waals surface area contributed by atoms with Crippen LogP contribution in [0, 0.1) is 0 Å². The van der Waals surface area contributed by atoms with Gasteiger partial charge in [-0.3, -0.25) is 4.90 Å². The van der Waals surface area contributed by atoms with Crippen LogP contribution < -0.4 is 20.1 Å². The van der Waals surface area contributed by atoms with Gasteiger partial charge in [0.05, 0.1) is 19.4 Å². The van der Waals surface area contributed by atoms with E-state index in [-0.39, 0.29) is 0 Å². The van der Waals surface area contributed by atoms with E-state index in [9.17, 15) is 0 Å². The van der Waals surface area contributed by atoms with Crippen LogP contribution in [-0.4, -0.2) is 72.7 Å². The lowest BCUT2D eigenvalue weighted by molar-refractivity contribution is 0.0398. The zero-order chi connectivity index (χ0) is 17.6. The number of ether oxygens (including phenoxy) is 3. The molecule has 0 spiro atoms. The van der Waals surface area contributed by atoms with Gasteiger partial charge in [-0.2, -0.15) is 10.1 Å². The van der Waals surface area contributed by atoms with E-state index in [0.717, 1.165) is 50.8 Å². The quantitative estimate of drug-likeness (QED) is 0.788. The maximum absolute atomic E-state index is 5.59. The molecule has 2 N–H and O–H groups in total. The predicted octanol–water partition coefficient (Wildman–Crippen LogP) is 1.13. The SMILES string of the molecule is c1cc2c(cc1Nc1nncc(NCCN3CCOCC3)n1)OCCO2. The Kier molecular flexibility index (Phi) is 5.27. The van der Waals surface area contributed by atoms with Crippen LogP contribution in [0.5, 0.6) is 11.5 Å². The predicted molar refractivity (Wildman–Crippen MR) is 96.3 cm³/mol. The Bertz CT molecular complexity index is 738. The van der Waals surface area contributed by atoms with Crippen molar-refractivity contribution in [2.45, 2.75) is 0 Å². The lowest BCUT2D eigenvalue weighted by Gasteiger charge is -2.26. The summed E-state index contributed by atoms with van der Waals surface area (Å²) in [7, 11) is 0. The number of benzene rings is 1. The largest absolute Gasteiger partial charge is 0.486 e. The summed E-state index contributed by atoms with van der Waals surface area (Å²) < 4.78 is 16.5. The molecule has 1 aromatic carbocycles. The van der Waals surface area contributed by atoms with Crippen LogP contribution in [0.4, 0.5) is 17.5 Å². The molecular formula is C17H22N6O3. The van der Waals surface area contributed by atoms with E-state index >= 15 is 0 Å². The van der Waals surface area contributed by atoms with Crippen LogP contribution in [0.25, 0.3) is 0 Å². The van der Waals surface area contributed by atoms with Crippen molar-refractivity contribution >= 4 is 17.5 Å². The van der Waals surface area contributed by atoms with Crippen molar-refractivity contribution in [2.24, 2.45) is 0 Å². The number of anilines is 3. The Morgan fingerprint density at radius 3 is 2.77 bits per heavy atom. The van der Waals surface area contributed by atoms with Crippen molar-refractivity contribution in [3.8, 4) is 11.5 Å².